The van der Waals surface area contributed by atoms with Gasteiger partial charge in [0.2, 0.25) is 0 Å². The monoisotopic (exact) mass is 217 g/mol. The topological polar surface area (TPSA) is 39.2 Å². The van der Waals surface area contributed by atoms with Gasteiger partial charge in [0, 0.05) is 4.91 Å². The van der Waals surface area contributed by atoms with E-state index in [4.69, 9.17) is 12.6 Å². The van der Waals surface area contributed by atoms with Crippen molar-refractivity contribution in [1.82, 2.24) is 4.98 Å². The minimum atomic E-state index is -0.314. The third kappa shape index (κ3) is 2.02. The van der Waals surface area contributed by atoms with E-state index in [0.29, 0.717) is 17.1 Å². The Balaban J connectivity index is 2.41. The van der Waals surface area contributed by atoms with Crippen molar-refractivity contribution in [2.45, 2.75) is 6.92 Å². The van der Waals surface area contributed by atoms with Crippen LogP contribution in [0.3, 0.4) is 0 Å². The minimum Gasteiger partial charge on any atom is -0.462 e. The normalized spacial score (nSPS) is 10.5. The number of ether oxygens (including phenoxy) is 1. The Morgan fingerprint density at radius 1 is 1.60 bits per heavy atom. The summed E-state index contributed by atoms with van der Waals surface area (Å²) in [5, 5.41) is 0. The van der Waals surface area contributed by atoms with Gasteiger partial charge >= 0.3 is 5.97 Å². The molecule has 0 unspecified atom stereocenters. The van der Waals surface area contributed by atoms with Crippen molar-refractivity contribution in [3.8, 4) is 0 Å². The molecule has 3 nitrogen and oxygen atoms in total. The lowest BCUT2D eigenvalue weighted by atomic mass is 10.2. The first-order valence-electron chi connectivity index (χ1n) is 4.54. The van der Waals surface area contributed by atoms with Gasteiger partial charge in [-0.25, -0.2) is 4.79 Å². The second-order valence-electron chi connectivity index (χ2n) is 2.96. The number of fused-ring (bicyclic) bond motifs is 1. The Morgan fingerprint density at radius 3 is 3.13 bits per heavy atom. The summed E-state index contributed by atoms with van der Waals surface area (Å²) in [7, 11) is 5.57. The molecule has 74 valence electrons. The maximum absolute atomic E-state index is 11.4. The number of esters is 1. The summed E-state index contributed by atoms with van der Waals surface area (Å²) in [6, 6.07) is 5.22. The number of nitrogens with zero attached hydrogens (tertiary/aromatic N) is 1. The third-order valence-corrected chi connectivity index (χ3v) is 2.76. The fourth-order valence-corrected chi connectivity index (χ4v) is 2.06. The van der Waals surface area contributed by atoms with E-state index in [0.717, 1.165) is 10.2 Å². The standard InChI is InChI=1S/C10H8BNO2S/c1-2-14-9(13)6-3-4-7-8(5-6)15-10(11)12-7/h3-5H,2H2,1H3. The van der Waals surface area contributed by atoms with Crippen molar-refractivity contribution in [2.24, 2.45) is 0 Å². The van der Waals surface area contributed by atoms with Crippen LogP contribution in [0.2, 0.25) is 0 Å². The number of carbonyl (C=O) groups is 1. The molecule has 2 radical (unpaired) electrons. The van der Waals surface area contributed by atoms with Crippen molar-refractivity contribution in [3.05, 3.63) is 23.8 Å². The van der Waals surface area contributed by atoms with Crippen LogP contribution in [-0.4, -0.2) is 25.4 Å². The Labute approximate surface area is 92.5 Å². The van der Waals surface area contributed by atoms with E-state index in [1.807, 2.05) is 0 Å². The van der Waals surface area contributed by atoms with Crippen LogP contribution in [0.4, 0.5) is 0 Å². The van der Waals surface area contributed by atoms with E-state index < -0.39 is 0 Å². The van der Waals surface area contributed by atoms with Gasteiger partial charge in [0.25, 0.3) is 0 Å². The lowest BCUT2D eigenvalue weighted by molar-refractivity contribution is 0.0526. The molecule has 0 atom stereocenters. The molecule has 0 aliphatic heterocycles. The molecule has 0 N–H and O–H groups in total. The first kappa shape index (κ1) is 10.2. The molecule has 5 heteroatoms. The van der Waals surface area contributed by atoms with Crippen LogP contribution >= 0.6 is 11.3 Å². The highest BCUT2D eigenvalue weighted by Crippen LogP contribution is 2.17. The average molecular weight is 217 g/mol. The van der Waals surface area contributed by atoms with Gasteiger partial charge in [-0.15, -0.1) is 11.3 Å². The molecule has 0 saturated carbocycles. The number of rotatable bonds is 2. The summed E-state index contributed by atoms with van der Waals surface area (Å²) < 4.78 is 5.80. The molecule has 2 rings (SSSR count). The van der Waals surface area contributed by atoms with E-state index in [2.05, 4.69) is 4.98 Å². The molecule has 0 saturated heterocycles. The van der Waals surface area contributed by atoms with Crippen molar-refractivity contribution in [2.75, 3.05) is 6.61 Å². The summed E-state index contributed by atoms with van der Waals surface area (Å²) >= 11 is 1.36. The number of aromatic nitrogens is 1. The fraction of sp³-hybridized carbons (Fsp3) is 0.200. The summed E-state index contributed by atoms with van der Waals surface area (Å²) in [6.45, 7) is 2.16. The Morgan fingerprint density at radius 2 is 2.40 bits per heavy atom. The number of hydrogen-bond acceptors (Lipinski definition) is 4. The molecule has 0 aliphatic carbocycles. The molecule has 0 fully saturated rings. The maximum atomic E-state index is 11.4. The third-order valence-electron chi connectivity index (χ3n) is 1.92. The van der Waals surface area contributed by atoms with E-state index in [1.54, 1.807) is 25.1 Å². The van der Waals surface area contributed by atoms with Gasteiger partial charge in [-0.3, -0.25) is 4.98 Å². The van der Waals surface area contributed by atoms with Gasteiger partial charge in [0.05, 0.1) is 22.4 Å². The second kappa shape index (κ2) is 4.02. The van der Waals surface area contributed by atoms with Crippen LogP contribution < -0.4 is 4.91 Å². The molecule has 2 aromatic rings. The van der Waals surface area contributed by atoms with Crippen molar-refractivity contribution < 1.29 is 9.53 Å². The Hall–Kier alpha value is -1.36. The van der Waals surface area contributed by atoms with Gasteiger partial charge in [0.15, 0.2) is 7.85 Å². The average Bonchev–Trinajstić information content (AvgIpc) is 2.57. The zero-order valence-corrected chi connectivity index (χ0v) is 9.00. The lowest BCUT2D eigenvalue weighted by Crippen LogP contribution is -2.03. The SMILES string of the molecule is [B]c1nc2ccc(C(=O)OCC)cc2s1. The molecule has 0 aliphatic rings. The highest BCUT2D eigenvalue weighted by atomic mass is 32.1. The zero-order valence-electron chi connectivity index (χ0n) is 8.19. The molecule has 15 heavy (non-hydrogen) atoms. The van der Waals surface area contributed by atoms with E-state index in [1.165, 1.54) is 11.3 Å². The molecule has 0 amide bonds. The second-order valence-corrected chi connectivity index (χ2v) is 4.02. The first-order valence-corrected chi connectivity index (χ1v) is 5.35. The lowest BCUT2D eigenvalue weighted by Gasteiger charge is -2.00. The summed E-state index contributed by atoms with van der Waals surface area (Å²) in [5.41, 5.74) is 1.35. The van der Waals surface area contributed by atoms with Crippen molar-refractivity contribution >= 4 is 40.3 Å². The summed E-state index contributed by atoms with van der Waals surface area (Å²) in [6.07, 6.45) is 0. The Bertz CT molecular complexity index is 509. The molecule has 1 heterocycles. The van der Waals surface area contributed by atoms with Crippen LogP contribution in [-0.2, 0) is 4.74 Å². The van der Waals surface area contributed by atoms with Crippen LogP contribution in [0, 0.1) is 0 Å². The largest absolute Gasteiger partial charge is 0.462 e. The van der Waals surface area contributed by atoms with Gasteiger partial charge < -0.3 is 4.74 Å². The number of carbonyl (C=O) groups excluding carboxylic acids is 1. The van der Waals surface area contributed by atoms with Gasteiger partial charge in [-0.2, -0.15) is 0 Å². The fourth-order valence-electron chi connectivity index (χ4n) is 1.28. The van der Waals surface area contributed by atoms with Crippen LogP contribution in [0.15, 0.2) is 18.2 Å². The van der Waals surface area contributed by atoms with Gasteiger partial charge in [-0.1, -0.05) is 0 Å². The number of hydrogen-bond donors (Lipinski definition) is 0. The molecular weight excluding hydrogens is 209 g/mol. The van der Waals surface area contributed by atoms with E-state index in [9.17, 15) is 4.79 Å². The van der Waals surface area contributed by atoms with E-state index in [-0.39, 0.29) is 5.97 Å². The highest BCUT2D eigenvalue weighted by molar-refractivity contribution is 7.25. The predicted octanol–water partition coefficient (Wildman–Crippen LogP) is 1.27. The molecule has 1 aromatic carbocycles. The number of thiazole rings is 1. The number of benzene rings is 1. The summed E-state index contributed by atoms with van der Waals surface area (Å²) in [5.74, 6) is -0.314. The van der Waals surface area contributed by atoms with Crippen molar-refractivity contribution in [3.63, 3.8) is 0 Å². The molecular formula is C10H8BNO2S. The Kier molecular flexibility index (Phi) is 2.73. The van der Waals surface area contributed by atoms with Gasteiger partial charge in [-0.05, 0) is 25.1 Å². The molecule has 0 bridgehead atoms. The predicted molar refractivity (Wildman–Crippen MR) is 61.0 cm³/mol. The smallest absolute Gasteiger partial charge is 0.338 e. The highest BCUT2D eigenvalue weighted by Gasteiger charge is 2.08. The zero-order chi connectivity index (χ0) is 10.8. The van der Waals surface area contributed by atoms with Gasteiger partial charge in [0.1, 0.15) is 0 Å². The van der Waals surface area contributed by atoms with Crippen molar-refractivity contribution in [1.29, 1.82) is 0 Å². The quantitative estimate of drug-likeness (QED) is 0.561. The van der Waals surface area contributed by atoms with Crippen LogP contribution in [0.1, 0.15) is 17.3 Å². The molecule has 0 spiro atoms. The van der Waals surface area contributed by atoms with Crippen LogP contribution in [0.5, 0.6) is 0 Å². The molecule has 1 aromatic heterocycles. The first-order chi connectivity index (χ1) is 7.20. The maximum Gasteiger partial charge on any atom is 0.338 e. The van der Waals surface area contributed by atoms with Crippen LogP contribution in [0.25, 0.3) is 10.2 Å². The summed E-state index contributed by atoms with van der Waals surface area (Å²) in [4.78, 5) is 16.0. The van der Waals surface area contributed by atoms with E-state index >= 15 is 0 Å². The minimum absolute atomic E-state index is 0.314.